The molecule has 1 aromatic rings. The fourth-order valence-electron chi connectivity index (χ4n) is 0.653. The van der Waals surface area contributed by atoms with Crippen LogP contribution in [0.3, 0.4) is 0 Å². The van der Waals surface area contributed by atoms with Gasteiger partial charge in [-0.05, 0) is 17.4 Å². The second-order valence-electron chi connectivity index (χ2n) is 2.00. The Labute approximate surface area is 68.5 Å². The van der Waals surface area contributed by atoms with Crippen molar-refractivity contribution < 1.29 is 9.53 Å². The van der Waals surface area contributed by atoms with Crippen molar-refractivity contribution in [1.29, 1.82) is 0 Å². The fraction of sp³-hybridized carbons (Fsp3) is 0.600. The highest BCUT2D eigenvalue weighted by Gasteiger charge is 2.07. The first-order chi connectivity index (χ1) is 5.74. The first kappa shape index (κ1) is 8.44. The summed E-state index contributed by atoms with van der Waals surface area (Å²) >= 11 is 0. The third-order valence-electron chi connectivity index (χ3n) is 1.14. The summed E-state index contributed by atoms with van der Waals surface area (Å²) in [7, 11) is 0. The van der Waals surface area contributed by atoms with Crippen LogP contribution in [0.5, 0.6) is 0 Å². The van der Waals surface area contributed by atoms with Crippen LogP contribution < -0.4 is 5.73 Å². The number of rotatable bonds is 3. The fourth-order valence-corrected chi connectivity index (χ4v) is 0.653. The van der Waals surface area contributed by atoms with Gasteiger partial charge in [-0.15, -0.1) is 0 Å². The topological polar surface area (TPSA) is 95.9 Å². The molecule has 2 N–H and O–H groups in total. The van der Waals surface area contributed by atoms with Crippen LogP contribution in [0.15, 0.2) is 0 Å². The van der Waals surface area contributed by atoms with Gasteiger partial charge in [-0.1, -0.05) is 5.10 Å². The molecule has 0 saturated carbocycles. The van der Waals surface area contributed by atoms with Gasteiger partial charge in [0.1, 0.15) is 6.54 Å². The van der Waals surface area contributed by atoms with Crippen molar-refractivity contribution in [2.45, 2.75) is 13.5 Å². The number of hydrogen-bond donors (Lipinski definition) is 1. The van der Waals surface area contributed by atoms with E-state index in [1.807, 2.05) is 0 Å². The first-order valence-corrected chi connectivity index (χ1v) is 3.41. The highest BCUT2D eigenvalue weighted by molar-refractivity contribution is 5.69. The van der Waals surface area contributed by atoms with Crippen LogP contribution in [-0.4, -0.2) is 32.8 Å². The zero-order valence-corrected chi connectivity index (χ0v) is 6.60. The SMILES string of the molecule is CCOC(=O)Cn1nnnc1N. The predicted molar refractivity (Wildman–Crippen MR) is 38.9 cm³/mol. The van der Waals surface area contributed by atoms with Crippen LogP contribution in [0.25, 0.3) is 0 Å². The number of nitrogens with zero attached hydrogens (tertiary/aromatic N) is 4. The van der Waals surface area contributed by atoms with Crippen molar-refractivity contribution in [3.63, 3.8) is 0 Å². The number of carbonyl (C=O) groups is 1. The van der Waals surface area contributed by atoms with Crippen molar-refractivity contribution in [3.05, 3.63) is 0 Å². The standard InChI is InChI=1S/C5H9N5O2/c1-2-12-4(11)3-10-5(6)7-8-9-10/h2-3H2,1H3,(H2,6,7,9). The van der Waals surface area contributed by atoms with E-state index in [0.29, 0.717) is 6.61 Å². The van der Waals surface area contributed by atoms with Crippen LogP contribution in [0, 0.1) is 0 Å². The van der Waals surface area contributed by atoms with Gasteiger partial charge in [0.25, 0.3) is 0 Å². The molecule has 0 aliphatic rings. The molecule has 0 aromatic carbocycles. The van der Waals surface area contributed by atoms with E-state index in [-0.39, 0.29) is 12.5 Å². The molecule has 1 rings (SSSR count). The zero-order valence-electron chi connectivity index (χ0n) is 6.60. The summed E-state index contributed by atoms with van der Waals surface area (Å²) in [6.45, 7) is 2.01. The highest BCUT2D eigenvalue weighted by Crippen LogP contribution is 1.92. The van der Waals surface area contributed by atoms with Gasteiger partial charge >= 0.3 is 5.97 Å². The Morgan fingerprint density at radius 2 is 2.50 bits per heavy atom. The van der Waals surface area contributed by atoms with Gasteiger partial charge in [0.15, 0.2) is 0 Å². The third kappa shape index (κ3) is 1.91. The third-order valence-corrected chi connectivity index (χ3v) is 1.14. The molecule has 1 heterocycles. The Kier molecular flexibility index (Phi) is 2.57. The van der Waals surface area contributed by atoms with Gasteiger partial charge in [0.05, 0.1) is 6.61 Å². The van der Waals surface area contributed by atoms with Crippen LogP contribution in [0.2, 0.25) is 0 Å². The number of hydrogen-bond acceptors (Lipinski definition) is 6. The Morgan fingerprint density at radius 3 is 3.00 bits per heavy atom. The quantitative estimate of drug-likeness (QED) is 0.575. The number of carbonyl (C=O) groups excluding carboxylic acids is 1. The summed E-state index contributed by atoms with van der Waals surface area (Å²) < 4.78 is 5.82. The molecule has 0 saturated heterocycles. The Hall–Kier alpha value is -1.66. The summed E-state index contributed by atoms with van der Waals surface area (Å²) in [5, 5.41) is 10.1. The van der Waals surface area contributed by atoms with Gasteiger partial charge < -0.3 is 10.5 Å². The average molecular weight is 171 g/mol. The maximum absolute atomic E-state index is 10.9. The maximum atomic E-state index is 10.9. The van der Waals surface area contributed by atoms with E-state index in [1.165, 1.54) is 0 Å². The highest BCUT2D eigenvalue weighted by atomic mass is 16.5. The van der Waals surface area contributed by atoms with Gasteiger partial charge in [-0.25, -0.2) is 4.68 Å². The van der Waals surface area contributed by atoms with Crippen molar-refractivity contribution in [2.24, 2.45) is 0 Å². The summed E-state index contributed by atoms with van der Waals surface area (Å²) in [6.07, 6.45) is 0. The maximum Gasteiger partial charge on any atom is 0.327 e. The van der Waals surface area contributed by atoms with Crippen LogP contribution in [0.1, 0.15) is 6.92 Å². The molecule has 0 aliphatic heterocycles. The van der Waals surface area contributed by atoms with E-state index >= 15 is 0 Å². The minimum atomic E-state index is -0.406. The number of aromatic nitrogens is 4. The number of tetrazole rings is 1. The summed E-state index contributed by atoms with van der Waals surface area (Å²) in [5.41, 5.74) is 5.30. The van der Waals surface area contributed by atoms with Crippen molar-refractivity contribution >= 4 is 11.9 Å². The molecule has 0 amide bonds. The number of anilines is 1. The lowest BCUT2D eigenvalue weighted by Crippen LogP contribution is -2.16. The Morgan fingerprint density at radius 1 is 1.75 bits per heavy atom. The van der Waals surface area contributed by atoms with Gasteiger partial charge in [0.2, 0.25) is 5.95 Å². The van der Waals surface area contributed by atoms with Gasteiger partial charge in [-0.2, -0.15) is 0 Å². The normalized spacial score (nSPS) is 9.75. The molecule has 7 nitrogen and oxygen atoms in total. The minimum absolute atomic E-state index is 0.0489. The molecule has 0 unspecified atom stereocenters. The molecule has 0 spiro atoms. The number of ether oxygens (including phenoxy) is 1. The van der Waals surface area contributed by atoms with Crippen LogP contribution >= 0.6 is 0 Å². The molecular formula is C5H9N5O2. The molecule has 1 aromatic heterocycles. The molecule has 12 heavy (non-hydrogen) atoms. The predicted octanol–water partition coefficient (Wildman–Crippen LogP) is -1.18. The van der Waals surface area contributed by atoms with E-state index in [1.54, 1.807) is 6.92 Å². The molecule has 7 heteroatoms. The number of nitrogen functional groups attached to an aromatic ring is 1. The van der Waals surface area contributed by atoms with Crippen LogP contribution in [-0.2, 0) is 16.1 Å². The summed E-state index contributed by atoms with van der Waals surface area (Å²) in [6, 6.07) is 0. The monoisotopic (exact) mass is 171 g/mol. The minimum Gasteiger partial charge on any atom is -0.465 e. The second-order valence-corrected chi connectivity index (χ2v) is 2.00. The molecular weight excluding hydrogens is 162 g/mol. The van der Waals surface area contributed by atoms with E-state index in [0.717, 1.165) is 4.68 Å². The van der Waals surface area contributed by atoms with Crippen molar-refractivity contribution in [1.82, 2.24) is 20.2 Å². The molecule has 0 radical (unpaired) electrons. The summed E-state index contributed by atoms with van der Waals surface area (Å²) in [5.74, 6) is -0.306. The Bertz CT molecular complexity index is 271. The first-order valence-electron chi connectivity index (χ1n) is 3.41. The summed E-state index contributed by atoms with van der Waals surface area (Å²) in [4.78, 5) is 10.9. The van der Waals surface area contributed by atoms with E-state index in [2.05, 4.69) is 20.3 Å². The number of nitrogens with two attached hydrogens (primary N) is 1. The van der Waals surface area contributed by atoms with Crippen molar-refractivity contribution in [2.75, 3.05) is 12.3 Å². The zero-order chi connectivity index (χ0) is 8.97. The Balaban J connectivity index is 2.52. The largest absolute Gasteiger partial charge is 0.465 e. The van der Waals surface area contributed by atoms with E-state index in [4.69, 9.17) is 5.73 Å². The van der Waals surface area contributed by atoms with E-state index in [9.17, 15) is 4.79 Å². The lowest BCUT2D eigenvalue weighted by molar-refractivity contribution is -0.144. The van der Waals surface area contributed by atoms with E-state index < -0.39 is 5.97 Å². The number of esters is 1. The van der Waals surface area contributed by atoms with Gasteiger partial charge in [0, 0.05) is 0 Å². The smallest absolute Gasteiger partial charge is 0.327 e. The van der Waals surface area contributed by atoms with Gasteiger partial charge in [-0.3, -0.25) is 4.79 Å². The molecule has 0 bridgehead atoms. The molecule has 0 fully saturated rings. The lowest BCUT2D eigenvalue weighted by Gasteiger charge is -2.00. The average Bonchev–Trinajstić information content (AvgIpc) is 2.37. The second kappa shape index (κ2) is 3.65. The molecule has 0 aliphatic carbocycles. The van der Waals surface area contributed by atoms with Crippen LogP contribution in [0.4, 0.5) is 5.95 Å². The molecule has 0 atom stereocenters. The molecule has 66 valence electrons. The lowest BCUT2D eigenvalue weighted by atomic mass is 10.6. The van der Waals surface area contributed by atoms with Crippen molar-refractivity contribution in [3.8, 4) is 0 Å².